The fourth-order valence-electron chi connectivity index (χ4n) is 1.59. The molecule has 3 nitrogen and oxygen atoms in total. The van der Waals surface area contributed by atoms with Crippen molar-refractivity contribution in [3.8, 4) is 0 Å². The maximum absolute atomic E-state index is 11.8. The van der Waals surface area contributed by atoms with Crippen LogP contribution in [-0.4, -0.2) is 19.1 Å². The summed E-state index contributed by atoms with van der Waals surface area (Å²) < 4.78 is 4.86. The van der Waals surface area contributed by atoms with Crippen LogP contribution in [0.3, 0.4) is 0 Å². The molecule has 0 unspecified atom stereocenters. The number of esters is 1. The number of hydrogen-bond donors (Lipinski definition) is 1. The molecule has 0 aliphatic carbocycles. The molecule has 0 aromatic heterocycles. The summed E-state index contributed by atoms with van der Waals surface area (Å²) in [4.78, 5) is 11.8. The number of rotatable bonds is 8. The summed E-state index contributed by atoms with van der Waals surface area (Å²) in [6.07, 6.45) is 7.96. The van der Waals surface area contributed by atoms with Crippen molar-refractivity contribution in [2.24, 2.45) is 0 Å². The number of carbonyl (C=O) groups is 1. The highest BCUT2D eigenvalue weighted by atomic mass is 16.5. The van der Waals surface area contributed by atoms with E-state index in [9.17, 15) is 4.79 Å². The van der Waals surface area contributed by atoms with Crippen LogP contribution in [0.2, 0.25) is 0 Å². The first-order valence-electron chi connectivity index (χ1n) is 6.35. The van der Waals surface area contributed by atoms with Crippen LogP contribution in [-0.2, 0) is 9.53 Å². The highest BCUT2D eigenvalue weighted by Gasteiger charge is 2.15. The second kappa shape index (κ2) is 9.51. The lowest BCUT2D eigenvalue weighted by Gasteiger charge is -2.17. The highest BCUT2D eigenvalue weighted by molar-refractivity contribution is 5.89. The molecule has 0 bridgehead atoms. The molecule has 18 heavy (non-hydrogen) atoms. The monoisotopic (exact) mass is 251 g/mol. The van der Waals surface area contributed by atoms with Crippen molar-refractivity contribution >= 4 is 5.97 Å². The van der Waals surface area contributed by atoms with E-state index in [0.29, 0.717) is 12.0 Å². The average molecular weight is 251 g/mol. The Morgan fingerprint density at radius 2 is 2.11 bits per heavy atom. The van der Waals surface area contributed by atoms with Crippen molar-refractivity contribution in [3.05, 3.63) is 36.1 Å². The summed E-state index contributed by atoms with van der Waals surface area (Å²) in [6.45, 7) is 9.76. The van der Waals surface area contributed by atoms with Crippen LogP contribution < -0.4 is 5.32 Å². The van der Waals surface area contributed by atoms with Gasteiger partial charge in [0, 0.05) is 11.7 Å². The summed E-state index contributed by atoms with van der Waals surface area (Å²) in [5.41, 5.74) is 1.65. The minimum Gasteiger partial charge on any atom is -0.466 e. The number of ether oxygens (including phenoxy) is 1. The van der Waals surface area contributed by atoms with Crippen molar-refractivity contribution in [2.45, 2.75) is 46.1 Å². The van der Waals surface area contributed by atoms with Gasteiger partial charge in [-0.05, 0) is 40.0 Å². The minimum atomic E-state index is -0.264. The van der Waals surface area contributed by atoms with Gasteiger partial charge in [-0.15, -0.1) is 6.58 Å². The van der Waals surface area contributed by atoms with E-state index in [-0.39, 0.29) is 12.0 Å². The molecule has 0 amide bonds. The van der Waals surface area contributed by atoms with Crippen molar-refractivity contribution < 1.29 is 9.53 Å². The molecule has 1 N–H and O–H groups in total. The lowest BCUT2D eigenvalue weighted by molar-refractivity contribution is -0.136. The van der Waals surface area contributed by atoms with Crippen molar-refractivity contribution in [1.29, 1.82) is 0 Å². The van der Waals surface area contributed by atoms with Crippen LogP contribution in [0.25, 0.3) is 0 Å². The van der Waals surface area contributed by atoms with Crippen molar-refractivity contribution in [1.82, 2.24) is 5.32 Å². The zero-order valence-electron chi connectivity index (χ0n) is 12.0. The molecule has 0 rings (SSSR count). The largest absolute Gasteiger partial charge is 0.466 e. The number of nitrogens with one attached hydrogen (secondary N) is 1. The molecule has 0 aromatic rings. The van der Waals surface area contributed by atoms with Crippen LogP contribution in [0.15, 0.2) is 36.1 Å². The van der Waals surface area contributed by atoms with Gasteiger partial charge in [-0.1, -0.05) is 18.2 Å². The molecule has 0 atom stereocenters. The number of carbonyl (C=O) groups excluding carboxylic acids is 1. The van der Waals surface area contributed by atoms with E-state index in [0.717, 1.165) is 18.5 Å². The van der Waals surface area contributed by atoms with Gasteiger partial charge in [-0.2, -0.15) is 0 Å². The third kappa shape index (κ3) is 6.28. The smallest absolute Gasteiger partial charge is 0.335 e. The number of hydrogen-bond acceptors (Lipinski definition) is 3. The van der Waals surface area contributed by atoms with Crippen molar-refractivity contribution in [2.75, 3.05) is 7.11 Å². The Bertz CT molecular complexity index is 327. The summed E-state index contributed by atoms with van der Waals surface area (Å²) in [6, 6.07) is 0.287. The average Bonchev–Trinajstić information content (AvgIpc) is 2.34. The van der Waals surface area contributed by atoms with E-state index in [1.807, 2.05) is 25.2 Å². The molecule has 0 aliphatic heterocycles. The Morgan fingerprint density at radius 1 is 1.44 bits per heavy atom. The fourth-order valence-corrected chi connectivity index (χ4v) is 1.59. The molecular weight excluding hydrogens is 226 g/mol. The lowest BCUT2D eigenvalue weighted by atomic mass is 10.1. The maximum atomic E-state index is 11.8. The first-order valence-corrected chi connectivity index (χ1v) is 6.35. The Morgan fingerprint density at radius 3 is 2.56 bits per heavy atom. The molecule has 0 aromatic carbocycles. The first-order chi connectivity index (χ1) is 8.56. The number of methoxy groups -OCH3 is 1. The van der Waals surface area contributed by atoms with Gasteiger partial charge in [0.25, 0.3) is 0 Å². The molecule has 0 fully saturated rings. The standard InChI is InChI=1S/C15H25NO2/c1-6-8-10-13(15(17)18-5)14(11-9-7-2)16-12(3)4/h6-8,12,16H,2,9-11H2,1,3-5H3/b8-6+,14-13+. The molecule has 102 valence electrons. The second-order valence-corrected chi connectivity index (χ2v) is 4.35. The molecule has 3 heteroatoms. The molecule has 0 saturated carbocycles. The highest BCUT2D eigenvalue weighted by Crippen LogP contribution is 2.15. The fraction of sp³-hybridized carbons (Fsp3) is 0.533. The summed E-state index contributed by atoms with van der Waals surface area (Å²) in [5, 5.41) is 3.34. The van der Waals surface area contributed by atoms with E-state index in [4.69, 9.17) is 4.74 Å². The van der Waals surface area contributed by atoms with Gasteiger partial charge in [-0.3, -0.25) is 0 Å². The Kier molecular flexibility index (Phi) is 8.71. The van der Waals surface area contributed by atoms with Gasteiger partial charge < -0.3 is 10.1 Å². The Hall–Kier alpha value is -1.51. The zero-order chi connectivity index (χ0) is 14.0. The molecular formula is C15H25NO2. The third-order valence-corrected chi connectivity index (χ3v) is 2.42. The lowest BCUT2D eigenvalue weighted by Crippen LogP contribution is -2.25. The van der Waals surface area contributed by atoms with Gasteiger partial charge in [0.1, 0.15) is 0 Å². The second-order valence-electron chi connectivity index (χ2n) is 4.35. The van der Waals surface area contributed by atoms with Gasteiger partial charge in [0.05, 0.1) is 12.7 Å². The molecule has 0 heterocycles. The van der Waals surface area contributed by atoms with E-state index < -0.39 is 0 Å². The summed E-state index contributed by atoms with van der Waals surface area (Å²) in [5.74, 6) is -0.264. The van der Waals surface area contributed by atoms with Crippen LogP contribution in [0.4, 0.5) is 0 Å². The van der Waals surface area contributed by atoms with Crippen LogP contribution >= 0.6 is 0 Å². The van der Waals surface area contributed by atoms with Crippen molar-refractivity contribution in [3.63, 3.8) is 0 Å². The SMILES string of the molecule is C=CCC/C(NC(C)C)=C(/C/C=C/C)C(=O)OC. The topological polar surface area (TPSA) is 38.3 Å². The van der Waals surface area contributed by atoms with Gasteiger partial charge >= 0.3 is 5.97 Å². The van der Waals surface area contributed by atoms with Gasteiger partial charge in [-0.25, -0.2) is 4.79 Å². The van der Waals surface area contributed by atoms with Crippen LogP contribution in [0.1, 0.15) is 40.0 Å². The Balaban J connectivity index is 5.20. The van der Waals surface area contributed by atoms with E-state index >= 15 is 0 Å². The quantitative estimate of drug-likeness (QED) is 0.408. The predicted molar refractivity (Wildman–Crippen MR) is 76.2 cm³/mol. The molecule has 0 saturated heterocycles. The third-order valence-electron chi connectivity index (χ3n) is 2.42. The minimum absolute atomic E-state index is 0.264. The van der Waals surface area contributed by atoms with E-state index in [1.165, 1.54) is 7.11 Å². The molecule has 0 aliphatic rings. The first kappa shape index (κ1) is 16.5. The summed E-state index contributed by atoms with van der Waals surface area (Å²) >= 11 is 0. The Labute approximate surface area is 111 Å². The van der Waals surface area contributed by atoms with Gasteiger partial charge in [0.15, 0.2) is 0 Å². The summed E-state index contributed by atoms with van der Waals surface area (Å²) in [7, 11) is 1.42. The zero-order valence-corrected chi connectivity index (χ0v) is 12.0. The molecule has 0 spiro atoms. The predicted octanol–water partition coefficient (Wildman–Crippen LogP) is 3.34. The molecule has 0 radical (unpaired) electrons. The van der Waals surface area contributed by atoms with Crippen LogP contribution in [0, 0.1) is 0 Å². The van der Waals surface area contributed by atoms with Crippen LogP contribution in [0.5, 0.6) is 0 Å². The van der Waals surface area contributed by atoms with E-state index in [1.54, 1.807) is 0 Å². The number of allylic oxidation sites excluding steroid dienone is 4. The maximum Gasteiger partial charge on any atom is 0.335 e. The van der Waals surface area contributed by atoms with Gasteiger partial charge in [0.2, 0.25) is 0 Å². The van der Waals surface area contributed by atoms with E-state index in [2.05, 4.69) is 25.7 Å². The normalized spacial score (nSPS) is 12.5.